The maximum absolute atomic E-state index is 13.5. The Bertz CT molecular complexity index is 1500. The van der Waals surface area contributed by atoms with Crippen LogP contribution in [-0.4, -0.2) is 43.3 Å². The molecule has 0 radical (unpaired) electrons. The Hall–Kier alpha value is -3.51. The summed E-state index contributed by atoms with van der Waals surface area (Å²) in [5.41, 5.74) is 4.41. The zero-order chi connectivity index (χ0) is 26.0. The number of fused-ring (bicyclic) bond motifs is 2. The molecule has 1 spiro atoms. The van der Waals surface area contributed by atoms with Crippen molar-refractivity contribution in [3.05, 3.63) is 58.3 Å². The summed E-state index contributed by atoms with van der Waals surface area (Å²) in [4.78, 5) is 17.9. The molecule has 1 unspecified atom stereocenters. The summed E-state index contributed by atoms with van der Waals surface area (Å²) in [5.74, 6) is 2.50. The number of benzene rings is 1. The molecule has 3 aromatic heterocycles. The van der Waals surface area contributed by atoms with Gasteiger partial charge in [0.2, 0.25) is 0 Å². The molecule has 6 rings (SSSR count). The van der Waals surface area contributed by atoms with Gasteiger partial charge in [0, 0.05) is 24.0 Å². The van der Waals surface area contributed by atoms with Crippen LogP contribution in [0.1, 0.15) is 56.8 Å². The molecule has 36 heavy (non-hydrogen) atoms. The molecule has 1 aliphatic carbocycles. The van der Waals surface area contributed by atoms with Crippen molar-refractivity contribution in [3.63, 3.8) is 0 Å². The van der Waals surface area contributed by atoms with Crippen LogP contribution in [0.5, 0.6) is 0 Å². The van der Waals surface area contributed by atoms with E-state index in [-0.39, 0.29) is 23.6 Å². The zero-order valence-electron chi connectivity index (χ0n) is 21.7. The van der Waals surface area contributed by atoms with E-state index in [9.17, 15) is 10.1 Å². The number of aliphatic hydroxyl groups excluding tert-OH is 1. The lowest BCUT2D eigenvalue weighted by atomic mass is 9.34. The van der Waals surface area contributed by atoms with E-state index in [1.165, 1.54) is 0 Å². The first-order valence-electron chi connectivity index (χ1n) is 12.7. The van der Waals surface area contributed by atoms with Gasteiger partial charge in [-0.3, -0.25) is 4.79 Å². The smallest absolute Gasteiger partial charge is 0.275 e. The fraction of sp³-hybridized carbons (Fsp3) is 0.444. The Balaban J connectivity index is 0.000000726. The minimum atomic E-state index is -0.0311. The van der Waals surface area contributed by atoms with Crippen molar-refractivity contribution in [2.24, 2.45) is 0 Å². The molecule has 1 saturated heterocycles. The monoisotopic (exact) mass is 484 g/mol. The first kappa shape index (κ1) is 25.6. The van der Waals surface area contributed by atoms with Crippen molar-refractivity contribution in [3.8, 4) is 17.2 Å². The maximum atomic E-state index is 13.5. The molecule has 1 aliphatic heterocycles. The molecule has 0 amide bonds. The number of aromatic nitrogens is 5. The molecule has 4 aromatic rings. The number of hydrogen-bond acceptors (Lipinski definition) is 6. The van der Waals surface area contributed by atoms with E-state index in [1.54, 1.807) is 9.20 Å². The van der Waals surface area contributed by atoms with Crippen LogP contribution in [0.2, 0.25) is 11.6 Å². The predicted molar refractivity (Wildman–Crippen MR) is 143 cm³/mol. The van der Waals surface area contributed by atoms with Crippen LogP contribution in [0.3, 0.4) is 0 Å². The number of imidazole rings is 1. The molecule has 2 aliphatic rings. The second-order valence-corrected chi connectivity index (χ2v) is 9.53. The van der Waals surface area contributed by atoms with Crippen LogP contribution < -0.4 is 5.56 Å². The number of nitriles is 1. The molecule has 1 N–H and O–H groups in total. The van der Waals surface area contributed by atoms with Crippen molar-refractivity contribution in [1.29, 1.82) is 5.26 Å². The summed E-state index contributed by atoms with van der Waals surface area (Å²) in [6.45, 7) is 8.05. The van der Waals surface area contributed by atoms with Gasteiger partial charge in [0.1, 0.15) is 0 Å². The van der Waals surface area contributed by atoms with E-state index in [2.05, 4.69) is 21.1 Å². The second kappa shape index (κ2) is 10.2. The lowest BCUT2D eigenvalue weighted by molar-refractivity contribution is 0.366. The predicted octanol–water partition coefficient (Wildman–Crippen LogP) is 4.78. The van der Waals surface area contributed by atoms with Crippen LogP contribution >= 0.6 is 0 Å². The topological polar surface area (TPSA) is 109 Å². The maximum Gasteiger partial charge on any atom is 0.275 e. The van der Waals surface area contributed by atoms with Gasteiger partial charge in [0.25, 0.3) is 12.3 Å². The first-order valence-corrected chi connectivity index (χ1v) is 12.7. The second-order valence-electron chi connectivity index (χ2n) is 9.53. The Labute approximate surface area is 211 Å². The lowest BCUT2D eigenvalue weighted by Crippen LogP contribution is -2.35. The third-order valence-electron chi connectivity index (χ3n) is 7.41. The normalized spacial score (nSPS) is 17.7. The van der Waals surface area contributed by atoms with E-state index in [0.29, 0.717) is 0 Å². The molecule has 1 atom stereocenters. The van der Waals surface area contributed by atoms with E-state index >= 15 is 0 Å². The molecule has 2 fully saturated rings. The minimum absolute atomic E-state index is 0.0311. The van der Waals surface area contributed by atoms with Crippen LogP contribution in [0.4, 0.5) is 0 Å². The van der Waals surface area contributed by atoms with E-state index < -0.39 is 0 Å². The van der Waals surface area contributed by atoms with Gasteiger partial charge in [-0.15, -0.1) is 0 Å². The summed E-state index contributed by atoms with van der Waals surface area (Å²) in [5, 5.41) is 27.4. The fourth-order valence-electron chi connectivity index (χ4n) is 5.56. The average molecular weight is 484 g/mol. The molecule has 1 aromatic carbocycles. The van der Waals surface area contributed by atoms with Gasteiger partial charge in [-0.05, 0) is 61.8 Å². The van der Waals surface area contributed by atoms with Gasteiger partial charge in [-0.1, -0.05) is 33.0 Å². The summed E-state index contributed by atoms with van der Waals surface area (Å²) in [6.07, 6.45) is 8.48. The van der Waals surface area contributed by atoms with Gasteiger partial charge in [-0.2, -0.15) is 10.2 Å². The Morgan fingerprint density at radius 1 is 1.19 bits per heavy atom. The SMILES string of the molecule is CC.CO.Cc1cn2nc(-c3cc(C)c4c(=O)n(C5CCB(C#N)C6(CC6)C5)ncc4c3)ccc2n1. The molecule has 8 nitrogen and oxygen atoms in total. The molecule has 9 heteroatoms. The molecule has 1 saturated carbocycles. The molecule has 186 valence electrons. The first-order chi connectivity index (χ1) is 17.5. The molecular weight excluding hydrogens is 451 g/mol. The third kappa shape index (κ3) is 4.42. The number of nitrogens with zero attached hydrogens (tertiary/aromatic N) is 6. The van der Waals surface area contributed by atoms with Crippen LogP contribution in [0, 0.1) is 25.1 Å². The zero-order valence-corrected chi connectivity index (χ0v) is 21.7. The number of hydrogen-bond donors (Lipinski definition) is 1. The largest absolute Gasteiger partial charge is 0.400 e. The van der Waals surface area contributed by atoms with Crippen molar-refractivity contribution in [2.45, 2.75) is 71.1 Å². The Morgan fingerprint density at radius 3 is 2.64 bits per heavy atom. The van der Waals surface area contributed by atoms with Crippen molar-refractivity contribution >= 4 is 23.1 Å². The highest BCUT2D eigenvalue weighted by atomic mass is 16.2. The van der Waals surface area contributed by atoms with Gasteiger partial charge in [0.15, 0.2) is 5.65 Å². The third-order valence-corrected chi connectivity index (χ3v) is 7.41. The average Bonchev–Trinajstić information content (AvgIpc) is 3.55. The molecule has 4 heterocycles. The van der Waals surface area contributed by atoms with Gasteiger partial charge < -0.3 is 5.11 Å². The molecular formula is C27H33BN6O2. The summed E-state index contributed by atoms with van der Waals surface area (Å²) < 4.78 is 3.47. The van der Waals surface area contributed by atoms with Crippen LogP contribution in [0.15, 0.2) is 41.5 Å². The minimum Gasteiger partial charge on any atom is -0.400 e. The number of rotatable bonds is 2. The van der Waals surface area contributed by atoms with Gasteiger partial charge >= 0.3 is 0 Å². The van der Waals surface area contributed by atoms with Gasteiger partial charge in [0.05, 0.1) is 35.2 Å². The van der Waals surface area contributed by atoms with Gasteiger partial charge in [-0.25, -0.2) is 19.4 Å². The van der Waals surface area contributed by atoms with Crippen molar-refractivity contribution in [1.82, 2.24) is 24.4 Å². The summed E-state index contributed by atoms with van der Waals surface area (Å²) in [6, 6.07) is 8.01. The lowest BCUT2D eigenvalue weighted by Gasteiger charge is -2.31. The van der Waals surface area contributed by atoms with Crippen LogP contribution in [0.25, 0.3) is 27.7 Å². The van der Waals surface area contributed by atoms with Crippen molar-refractivity contribution in [2.75, 3.05) is 7.11 Å². The highest BCUT2D eigenvalue weighted by Crippen LogP contribution is 2.64. The van der Waals surface area contributed by atoms with Crippen LogP contribution in [-0.2, 0) is 0 Å². The van der Waals surface area contributed by atoms with E-state index in [4.69, 9.17) is 5.11 Å². The Kier molecular flexibility index (Phi) is 7.27. The summed E-state index contributed by atoms with van der Waals surface area (Å²) in [7, 11) is 1.00. The standard InChI is InChI=1S/C24H23BN6O.C2H6.CH4O/c1-15-9-17(20-3-4-21-28-16(2)13-30(21)29-20)10-18-12-27-31(23(32)22(15)18)19-5-8-25(14-26)24(11-19)6-7-24;2*1-2/h3-4,9-10,12-13,19H,5-8,11H2,1-2H3;1-2H3;2H,1H3. The highest BCUT2D eigenvalue weighted by Gasteiger charge is 2.55. The number of aliphatic hydroxyl groups is 1. The van der Waals surface area contributed by atoms with Crippen molar-refractivity contribution < 1.29 is 5.11 Å². The Morgan fingerprint density at radius 2 is 1.94 bits per heavy atom. The molecule has 0 bridgehead atoms. The highest BCUT2D eigenvalue weighted by molar-refractivity contribution is 6.71. The fourth-order valence-corrected chi connectivity index (χ4v) is 5.56. The quantitative estimate of drug-likeness (QED) is 0.410. The number of aryl methyl sites for hydroxylation is 2. The van der Waals surface area contributed by atoms with E-state index in [0.717, 1.165) is 78.0 Å². The summed E-state index contributed by atoms with van der Waals surface area (Å²) >= 11 is 0. The van der Waals surface area contributed by atoms with E-state index in [1.807, 2.05) is 64.4 Å².